The topological polar surface area (TPSA) is 61.8 Å². The summed E-state index contributed by atoms with van der Waals surface area (Å²) in [5, 5.41) is 0. The van der Waals surface area contributed by atoms with Gasteiger partial charge in [0.2, 0.25) is 0 Å². The van der Waals surface area contributed by atoms with Crippen molar-refractivity contribution in [3.05, 3.63) is 0 Å². The first kappa shape index (κ1) is 16.9. The Kier molecular flexibility index (Phi) is 13.0. The van der Waals surface area contributed by atoms with Gasteiger partial charge < -0.3 is 13.8 Å². The lowest BCUT2D eigenvalue weighted by Gasteiger charge is -2.08. The van der Waals surface area contributed by atoms with E-state index in [-0.39, 0.29) is 0 Å². The van der Waals surface area contributed by atoms with Crippen LogP contribution in [0, 0.1) is 0 Å². The summed E-state index contributed by atoms with van der Waals surface area (Å²) in [7, 11) is -0.581. The highest BCUT2D eigenvalue weighted by Crippen LogP contribution is 2.32. The Morgan fingerprint density at radius 2 is 1.33 bits per heavy atom. The minimum Gasteiger partial charge on any atom is -0.394 e. The molecular formula is C9H19O5P. The lowest BCUT2D eigenvalue weighted by Crippen LogP contribution is -2.03. The molecule has 0 aromatic carbocycles. The summed E-state index contributed by atoms with van der Waals surface area (Å²) in [4.78, 5) is 19.6. The molecule has 0 aliphatic carbocycles. The minimum atomic E-state index is -0.581. The van der Waals surface area contributed by atoms with E-state index in [0.717, 1.165) is 13.2 Å². The van der Waals surface area contributed by atoms with E-state index in [0.29, 0.717) is 0 Å². The minimum absolute atomic E-state index is 0.562. The lowest BCUT2D eigenvalue weighted by molar-refractivity contribution is -0.156. The Morgan fingerprint density at radius 3 is 1.47 bits per heavy atom. The van der Waals surface area contributed by atoms with Gasteiger partial charge in [0.1, 0.15) is 0 Å². The van der Waals surface area contributed by atoms with Crippen LogP contribution in [0.3, 0.4) is 0 Å². The molecule has 0 unspecified atom stereocenters. The molecule has 90 valence electrons. The zero-order valence-corrected chi connectivity index (χ0v) is 10.8. The lowest BCUT2D eigenvalue weighted by atomic mass is 10.7. The third-order valence-corrected chi connectivity index (χ3v) is 2.15. The molecule has 0 bridgehead atoms. The van der Waals surface area contributed by atoms with Crippen molar-refractivity contribution in [2.75, 3.05) is 19.9 Å². The van der Waals surface area contributed by atoms with Crippen molar-refractivity contribution in [2.45, 2.75) is 27.7 Å². The third kappa shape index (κ3) is 19.8. The maximum Gasteiger partial charge on any atom is 0.310 e. The number of ether oxygens (including phenoxy) is 1. The maximum absolute atomic E-state index is 9.81. The van der Waals surface area contributed by atoms with Gasteiger partial charge in [0, 0.05) is 20.5 Å². The Balaban J connectivity index is 0. The number of esters is 2. The fraction of sp³-hybridized carbons (Fsp3) is 0.778. The van der Waals surface area contributed by atoms with Crippen LogP contribution < -0.4 is 0 Å². The third-order valence-electron chi connectivity index (χ3n) is 0.909. The van der Waals surface area contributed by atoms with E-state index < -0.39 is 20.3 Å². The number of hydrogen-bond acceptors (Lipinski definition) is 5. The van der Waals surface area contributed by atoms with E-state index in [9.17, 15) is 9.59 Å². The molecule has 0 amide bonds. The quantitative estimate of drug-likeness (QED) is 0.426. The molecule has 0 aromatic heterocycles. The van der Waals surface area contributed by atoms with E-state index in [2.05, 4.69) is 4.74 Å². The van der Waals surface area contributed by atoms with Crippen LogP contribution in [-0.2, 0) is 23.4 Å². The largest absolute Gasteiger partial charge is 0.394 e. The predicted molar refractivity (Wildman–Crippen MR) is 58.5 cm³/mol. The van der Waals surface area contributed by atoms with Crippen LogP contribution in [0.15, 0.2) is 0 Å². The molecular weight excluding hydrogens is 219 g/mol. The van der Waals surface area contributed by atoms with Gasteiger partial charge in [0.05, 0.1) is 13.2 Å². The van der Waals surface area contributed by atoms with Crippen LogP contribution in [0.4, 0.5) is 0 Å². The molecule has 0 rings (SSSR count). The Morgan fingerprint density at radius 1 is 1.00 bits per heavy atom. The zero-order valence-electron chi connectivity index (χ0n) is 9.90. The Labute approximate surface area is 92.0 Å². The monoisotopic (exact) mass is 238 g/mol. The van der Waals surface area contributed by atoms with Crippen molar-refractivity contribution in [3.8, 4) is 0 Å². The van der Waals surface area contributed by atoms with Crippen LogP contribution in [0.2, 0.25) is 0 Å². The van der Waals surface area contributed by atoms with E-state index in [4.69, 9.17) is 9.05 Å². The summed E-state index contributed by atoms with van der Waals surface area (Å²) >= 11 is 0. The fourth-order valence-electron chi connectivity index (χ4n) is 0.603. The standard InChI is InChI=1S/C5H13O2P.C4H6O3/c1-4-6-8(3)7-5-2;1-3(5)7-4(2)6/h4-5H2,1-3H3;1-2H3. The Hall–Kier alpha value is -0.510. The van der Waals surface area contributed by atoms with E-state index in [1.54, 1.807) is 0 Å². The normalized spacial score (nSPS) is 9.20. The number of carbonyl (C=O) groups excluding carboxylic acids is 2. The van der Waals surface area contributed by atoms with Gasteiger partial charge >= 0.3 is 11.9 Å². The van der Waals surface area contributed by atoms with Gasteiger partial charge in [-0.25, -0.2) is 0 Å². The van der Waals surface area contributed by atoms with Gasteiger partial charge in [0.25, 0.3) is 0 Å². The molecule has 0 aromatic rings. The molecule has 0 aliphatic rings. The molecule has 0 saturated heterocycles. The molecule has 6 heteroatoms. The van der Waals surface area contributed by atoms with Crippen molar-refractivity contribution in [2.24, 2.45) is 0 Å². The highest BCUT2D eigenvalue weighted by Gasteiger charge is 1.96. The highest BCUT2D eigenvalue weighted by molar-refractivity contribution is 7.46. The van der Waals surface area contributed by atoms with E-state index in [1.165, 1.54) is 13.8 Å². The van der Waals surface area contributed by atoms with Crippen molar-refractivity contribution < 1.29 is 23.4 Å². The van der Waals surface area contributed by atoms with Crippen LogP contribution in [0.5, 0.6) is 0 Å². The molecule has 0 saturated carbocycles. The summed E-state index contributed by atoms with van der Waals surface area (Å²) in [6, 6.07) is 0. The molecule has 0 radical (unpaired) electrons. The van der Waals surface area contributed by atoms with E-state index >= 15 is 0 Å². The van der Waals surface area contributed by atoms with Crippen LogP contribution in [0.25, 0.3) is 0 Å². The van der Waals surface area contributed by atoms with Crippen molar-refractivity contribution in [3.63, 3.8) is 0 Å². The number of carbonyl (C=O) groups is 2. The molecule has 0 spiro atoms. The average molecular weight is 238 g/mol. The van der Waals surface area contributed by atoms with Gasteiger partial charge in [-0.2, -0.15) is 0 Å². The first-order chi connectivity index (χ1) is 6.93. The first-order valence-electron chi connectivity index (χ1n) is 4.62. The fourth-order valence-corrected chi connectivity index (χ4v) is 1.41. The Bertz CT molecular complexity index is 165. The molecule has 0 aliphatic heterocycles. The van der Waals surface area contributed by atoms with Gasteiger partial charge in [0.15, 0.2) is 8.38 Å². The zero-order chi connectivity index (χ0) is 12.3. The van der Waals surface area contributed by atoms with Crippen LogP contribution in [-0.4, -0.2) is 31.8 Å². The number of hydrogen-bond donors (Lipinski definition) is 0. The van der Waals surface area contributed by atoms with Gasteiger partial charge in [-0.1, -0.05) is 0 Å². The summed E-state index contributed by atoms with van der Waals surface area (Å²) in [6.45, 7) is 9.77. The molecule has 5 nitrogen and oxygen atoms in total. The summed E-state index contributed by atoms with van der Waals surface area (Å²) < 4.78 is 14.2. The molecule has 0 N–H and O–H groups in total. The predicted octanol–water partition coefficient (Wildman–Crippen LogP) is 2.10. The summed E-state index contributed by atoms with van der Waals surface area (Å²) in [6.07, 6.45) is 0. The van der Waals surface area contributed by atoms with Crippen molar-refractivity contribution in [1.82, 2.24) is 0 Å². The summed E-state index contributed by atoms with van der Waals surface area (Å²) in [5.41, 5.74) is 0. The highest BCUT2D eigenvalue weighted by atomic mass is 31.2. The SMILES string of the molecule is CC(=O)OC(C)=O.CCOP(C)OCC. The molecule has 0 atom stereocenters. The van der Waals surface area contributed by atoms with Gasteiger partial charge in [-0.15, -0.1) is 0 Å². The second-order valence-electron chi connectivity index (χ2n) is 2.36. The average Bonchev–Trinajstić information content (AvgIpc) is 2.03. The molecule has 15 heavy (non-hydrogen) atoms. The maximum atomic E-state index is 9.81. The van der Waals surface area contributed by atoms with Crippen LogP contribution >= 0.6 is 8.38 Å². The van der Waals surface area contributed by atoms with Crippen molar-refractivity contribution >= 4 is 20.3 Å². The first-order valence-corrected chi connectivity index (χ1v) is 6.25. The second kappa shape index (κ2) is 11.6. The summed E-state index contributed by atoms with van der Waals surface area (Å²) in [5.74, 6) is -1.12. The molecule has 0 heterocycles. The molecule has 0 fully saturated rings. The smallest absolute Gasteiger partial charge is 0.310 e. The van der Waals surface area contributed by atoms with Gasteiger partial charge in [-0.05, 0) is 13.8 Å². The second-order valence-corrected chi connectivity index (χ2v) is 3.76. The van der Waals surface area contributed by atoms with E-state index in [1.807, 2.05) is 20.5 Å². The number of rotatable bonds is 4. The van der Waals surface area contributed by atoms with Crippen LogP contribution in [0.1, 0.15) is 27.7 Å². The van der Waals surface area contributed by atoms with Crippen molar-refractivity contribution in [1.29, 1.82) is 0 Å². The van der Waals surface area contributed by atoms with Gasteiger partial charge in [-0.3, -0.25) is 9.59 Å².